The van der Waals surface area contributed by atoms with Crippen LogP contribution in [0.1, 0.15) is 33.3 Å². The van der Waals surface area contributed by atoms with Gasteiger partial charge in [-0.2, -0.15) is 0 Å². The smallest absolute Gasteiger partial charge is 0.138 e. The number of aryl methyl sites for hydroxylation is 1. The van der Waals surface area contributed by atoms with Gasteiger partial charge in [0.2, 0.25) is 0 Å². The number of furan rings is 1. The van der Waals surface area contributed by atoms with Gasteiger partial charge in [0.15, 0.2) is 0 Å². The second-order valence-corrected chi connectivity index (χ2v) is 4.94. The summed E-state index contributed by atoms with van der Waals surface area (Å²) < 4.78 is 5.78. The molecule has 0 amide bonds. The molecule has 2 aromatic carbocycles. The Morgan fingerprint density at radius 2 is 1.65 bits per heavy atom. The molecule has 0 atom stereocenters. The third-order valence-corrected chi connectivity index (χ3v) is 3.42. The second kappa shape index (κ2) is 9.52. The standard InChI is InChI=1S/C13H10O.C6H11N.C2H6/c1-9-5-4-7-11-10-6-2-3-8-12(10)14-13(9)11;1-3-6(2)4-5-7;1-2/h2-8H,1H3;3-5H,7H2,1-2H3;1-2H3/b;5-4-,6-3-;. The molecule has 3 rings (SSSR count). The molecule has 2 heteroatoms. The first-order chi connectivity index (χ1) is 11.2. The number of benzene rings is 2. The van der Waals surface area contributed by atoms with Crippen LogP contribution in [-0.2, 0) is 0 Å². The molecular weight excluding hydrogens is 282 g/mol. The number of allylic oxidation sites excluding steroid dienone is 3. The van der Waals surface area contributed by atoms with Crippen LogP contribution in [-0.4, -0.2) is 0 Å². The van der Waals surface area contributed by atoms with Crippen LogP contribution in [0.25, 0.3) is 21.9 Å². The minimum atomic E-state index is 0.969. The molecule has 0 spiro atoms. The Kier molecular flexibility index (Phi) is 7.69. The van der Waals surface area contributed by atoms with Crippen molar-refractivity contribution in [2.24, 2.45) is 5.73 Å². The van der Waals surface area contributed by atoms with Gasteiger partial charge in [-0.05, 0) is 44.7 Å². The molecule has 0 unspecified atom stereocenters. The summed E-state index contributed by atoms with van der Waals surface area (Å²) in [5, 5.41) is 2.41. The van der Waals surface area contributed by atoms with Gasteiger partial charge in [-0.3, -0.25) is 0 Å². The minimum absolute atomic E-state index is 0.969. The van der Waals surface area contributed by atoms with Gasteiger partial charge in [0.05, 0.1) is 0 Å². The lowest BCUT2D eigenvalue weighted by Crippen LogP contribution is -1.75. The number of rotatable bonds is 1. The maximum Gasteiger partial charge on any atom is 0.138 e. The molecule has 0 aliphatic heterocycles. The highest BCUT2D eigenvalue weighted by Crippen LogP contribution is 2.29. The van der Waals surface area contributed by atoms with Crippen LogP contribution in [0.2, 0.25) is 0 Å². The minimum Gasteiger partial charge on any atom is -0.456 e. The Bertz CT molecular complexity index is 794. The summed E-state index contributed by atoms with van der Waals surface area (Å²) in [6, 6.07) is 14.4. The van der Waals surface area contributed by atoms with E-state index in [1.54, 1.807) is 0 Å². The van der Waals surface area contributed by atoms with Gasteiger partial charge < -0.3 is 10.2 Å². The maximum atomic E-state index is 5.78. The van der Waals surface area contributed by atoms with E-state index in [9.17, 15) is 0 Å². The molecule has 2 N–H and O–H groups in total. The van der Waals surface area contributed by atoms with Crippen molar-refractivity contribution in [3.63, 3.8) is 0 Å². The van der Waals surface area contributed by atoms with Crippen molar-refractivity contribution in [2.75, 3.05) is 0 Å². The van der Waals surface area contributed by atoms with Crippen LogP contribution in [0.5, 0.6) is 0 Å². The first kappa shape index (κ1) is 18.6. The lowest BCUT2D eigenvalue weighted by Gasteiger charge is -1.91. The monoisotopic (exact) mass is 309 g/mol. The highest BCUT2D eigenvalue weighted by molar-refractivity contribution is 6.05. The Morgan fingerprint density at radius 1 is 1.00 bits per heavy atom. The summed E-state index contributed by atoms with van der Waals surface area (Å²) in [4.78, 5) is 0. The molecule has 122 valence electrons. The van der Waals surface area contributed by atoms with Gasteiger partial charge in [0.25, 0.3) is 0 Å². The van der Waals surface area contributed by atoms with E-state index >= 15 is 0 Å². The van der Waals surface area contributed by atoms with Crippen molar-refractivity contribution >= 4 is 21.9 Å². The number of hydrogen-bond donors (Lipinski definition) is 1. The molecule has 23 heavy (non-hydrogen) atoms. The SMILES string of the molecule is C/C=C(C)\C=C/N.CC.Cc1cccc2c1oc1ccccc12. The summed E-state index contributed by atoms with van der Waals surface area (Å²) in [5.41, 5.74) is 9.45. The molecule has 0 saturated heterocycles. The lowest BCUT2D eigenvalue weighted by atomic mass is 10.1. The lowest BCUT2D eigenvalue weighted by molar-refractivity contribution is 0.666. The first-order valence-corrected chi connectivity index (χ1v) is 8.05. The Balaban J connectivity index is 0.000000253. The normalized spacial score (nSPS) is 11.1. The van der Waals surface area contributed by atoms with Gasteiger partial charge in [-0.1, -0.05) is 61.9 Å². The van der Waals surface area contributed by atoms with Crippen molar-refractivity contribution in [3.05, 3.63) is 72.0 Å². The Morgan fingerprint density at radius 3 is 2.26 bits per heavy atom. The van der Waals surface area contributed by atoms with Gasteiger partial charge in [-0.15, -0.1) is 0 Å². The summed E-state index contributed by atoms with van der Waals surface area (Å²) in [7, 11) is 0. The zero-order valence-electron chi connectivity index (χ0n) is 14.8. The maximum absolute atomic E-state index is 5.78. The van der Waals surface area contributed by atoms with E-state index in [2.05, 4.69) is 31.2 Å². The van der Waals surface area contributed by atoms with Crippen LogP contribution < -0.4 is 5.73 Å². The average Bonchev–Trinajstić information content (AvgIpc) is 2.98. The van der Waals surface area contributed by atoms with E-state index in [1.807, 2.05) is 58.0 Å². The Labute approximate surface area is 139 Å². The third-order valence-electron chi connectivity index (χ3n) is 3.42. The summed E-state index contributed by atoms with van der Waals surface area (Å²) in [6.45, 7) is 10.1. The molecule has 3 aromatic rings. The first-order valence-electron chi connectivity index (χ1n) is 8.05. The van der Waals surface area contributed by atoms with E-state index in [0.29, 0.717) is 0 Å². The largest absolute Gasteiger partial charge is 0.456 e. The van der Waals surface area contributed by atoms with Crippen LogP contribution >= 0.6 is 0 Å². The molecule has 0 radical (unpaired) electrons. The molecule has 0 aliphatic carbocycles. The van der Waals surface area contributed by atoms with Crippen molar-refractivity contribution in [1.82, 2.24) is 0 Å². The fraction of sp³-hybridized carbons (Fsp3) is 0.238. The van der Waals surface area contributed by atoms with Crippen LogP contribution in [0.4, 0.5) is 0 Å². The van der Waals surface area contributed by atoms with Crippen molar-refractivity contribution in [1.29, 1.82) is 0 Å². The molecular formula is C21H27NO. The van der Waals surface area contributed by atoms with Gasteiger partial charge in [-0.25, -0.2) is 0 Å². The van der Waals surface area contributed by atoms with Gasteiger partial charge >= 0.3 is 0 Å². The molecule has 0 fully saturated rings. The molecule has 2 nitrogen and oxygen atoms in total. The fourth-order valence-corrected chi connectivity index (χ4v) is 2.14. The second-order valence-electron chi connectivity index (χ2n) is 4.94. The molecule has 1 heterocycles. The zero-order chi connectivity index (χ0) is 17.2. The predicted molar refractivity (Wildman–Crippen MR) is 103 cm³/mol. The Hall–Kier alpha value is -2.48. The molecule has 0 bridgehead atoms. The van der Waals surface area contributed by atoms with Crippen LogP contribution in [0.15, 0.2) is 70.8 Å². The quantitative estimate of drug-likeness (QED) is 0.532. The van der Waals surface area contributed by atoms with E-state index in [0.717, 1.165) is 11.2 Å². The highest BCUT2D eigenvalue weighted by atomic mass is 16.3. The highest BCUT2D eigenvalue weighted by Gasteiger charge is 2.06. The summed E-state index contributed by atoms with van der Waals surface area (Å²) in [5.74, 6) is 0. The summed E-state index contributed by atoms with van der Waals surface area (Å²) in [6.07, 6.45) is 5.40. The topological polar surface area (TPSA) is 39.2 Å². The van der Waals surface area contributed by atoms with E-state index in [-0.39, 0.29) is 0 Å². The average molecular weight is 309 g/mol. The number of fused-ring (bicyclic) bond motifs is 3. The van der Waals surface area contributed by atoms with Gasteiger partial charge in [0.1, 0.15) is 11.2 Å². The van der Waals surface area contributed by atoms with Crippen molar-refractivity contribution < 1.29 is 4.42 Å². The number of para-hydroxylation sites is 2. The van der Waals surface area contributed by atoms with Crippen molar-refractivity contribution in [2.45, 2.75) is 34.6 Å². The number of hydrogen-bond acceptors (Lipinski definition) is 2. The molecule has 1 aromatic heterocycles. The third kappa shape index (κ3) is 4.75. The van der Waals surface area contributed by atoms with Crippen LogP contribution in [0, 0.1) is 6.92 Å². The summed E-state index contributed by atoms with van der Waals surface area (Å²) >= 11 is 0. The van der Waals surface area contributed by atoms with Gasteiger partial charge in [0, 0.05) is 10.8 Å². The zero-order valence-corrected chi connectivity index (χ0v) is 14.8. The van der Waals surface area contributed by atoms with E-state index < -0.39 is 0 Å². The fourth-order valence-electron chi connectivity index (χ4n) is 2.14. The predicted octanol–water partition coefficient (Wildman–Crippen LogP) is 6.35. The van der Waals surface area contributed by atoms with Crippen LogP contribution in [0.3, 0.4) is 0 Å². The van der Waals surface area contributed by atoms with E-state index in [4.69, 9.17) is 10.2 Å². The molecule has 0 aliphatic rings. The number of nitrogens with two attached hydrogens (primary N) is 1. The molecule has 0 saturated carbocycles. The van der Waals surface area contributed by atoms with E-state index in [1.165, 1.54) is 28.1 Å². The van der Waals surface area contributed by atoms with Crippen molar-refractivity contribution in [3.8, 4) is 0 Å².